The molecule has 1 aromatic carbocycles. The van der Waals surface area contributed by atoms with E-state index >= 15 is 0 Å². The van der Waals surface area contributed by atoms with Crippen LogP contribution in [0.5, 0.6) is 11.5 Å². The first-order valence-electron chi connectivity index (χ1n) is 7.52. The number of hydrogen-bond donors (Lipinski definition) is 1. The summed E-state index contributed by atoms with van der Waals surface area (Å²) in [5, 5.41) is 9.24. The maximum absolute atomic E-state index is 11.2. The first kappa shape index (κ1) is 15.6. The fourth-order valence-electron chi connectivity index (χ4n) is 3.42. The standard InChI is InChI=1S/C16H20BrNO4/c1-9-3-11(16(19)20)4-10(2)18(9)7-12-5-14-15(6-13(12)17)22-8-21-14/h5-6,9-11H,3-4,7-8H2,1-2H3,(H,19,20). The molecule has 3 rings (SSSR count). The van der Waals surface area contributed by atoms with Gasteiger partial charge in [0.25, 0.3) is 0 Å². The molecule has 2 heterocycles. The van der Waals surface area contributed by atoms with Crippen LogP contribution in [0.4, 0.5) is 0 Å². The van der Waals surface area contributed by atoms with Gasteiger partial charge in [-0.3, -0.25) is 9.69 Å². The van der Waals surface area contributed by atoms with E-state index in [0.29, 0.717) is 12.8 Å². The van der Waals surface area contributed by atoms with Gasteiger partial charge < -0.3 is 14.6 Å². The number of rotatable bonds is 3. The minimum Gasteiger partial charge on any atom is -0.481 e. The van der Waals surface area contributed by atoms with Gasteiger partial charge in [0.15, 0.2) is 11.5 Å². The third-order valence-electron chi connectivity index (χ3n) is 4.63. The minimum atomic E-state index is -0.678. The molecule has 0 saturated carbocycles. The molecule has 0 amide bonds. The second-order valence-electron chi connectivity index (χ2n) is 6.17. The van der Waals surface area contributed by atoms with E-state index in [4.69, 9.17) is 9.47 Å². The van der Waals surface area contributed by atoms with Crippen LogP contribution in [-0.2, 0) is 11.3 Å². The van der Waals surface area contributed by atoms with E-state index in [-0.39, 0.29) is 24.8 Å². The molecule has 2 atom stereocenters. The number of hydrogen-bond acceptors (Lipinski definition) is 4. The Labute approximate surface area is 138 Å². The van der Waals surface area contributed by atoms with Crippen LogP contribution in [0.15, 0.2) is 16.6 Å². The van der Waals surface area contributed by atoms with Crippen LogP contribution in [-0.4, -0.2) is 34.9 Å². The number of likely N-dealkylation sites (tertiary alicyclic amines) is 1. The summed E-state index contributed by atoms with van der Waals surface area (Å²) in [6.07, 6.45) is 1.39. The molecule has 1 N–H and O–H groups in total. The molecule has 5 nitrogen and oxygen atoms in total. The van der Waals surface area contributed by atoms with Gasteiger partial charge in [0.1, 0.15) is 0 Å². The van der Waals surface area contributed by atoms with Crippen molar-refractivity contribution in [2.45, 2.75) is 45.3 Å². The van der Waals surface area contributed by atoms with E-state index in [1.54, 1.807) is 0 Å². The zero-order valence-corrected chi connectivity index (χ0v) is 14.3. The lowest BCUT2D eigenvalue weighted by Gasteiger charge is -2.41. The van der Waals surface area contributed by atoms with Crippen LogP contribution >= 0.6 is 15.9 Å². The van der Waals surface area contributed by atoms with E-state index < -0.39 is 5.97 Å². The van der Waals surface area contributed by atoms with E-state index in [0.717, 1.165) is 28.1 Å². The molecule has 2 aliphatic heterocycles. The van der Waals surface area contributed by atoms with Crippen molar-refractivity contribution in [3.05, 3.63) is 22.2 Å². The minimum absolute atomic E-state index is 0.235. The molecule has 0 aromatic heterocycles. The monoisotopic (exact) mass is 369 g/mol. The van der Waals surface area contributed by atoms with E-state index in [1.807, 2.05) is 12.1 Å². The number of carboxylic acids is 1. The van der Waals surface area contributed by atoms with Crippen LogP contribution < -0.4 is 9.47 Å². The summed E-state index contributed by atoms with van der Waals surface area (Å²) in [5.41, 5.74) is 1.14. The Morgan fingerprint density at radius 2 is 1.86 bits per heavy atom. The Bertz CT molecular complexity index is 580. The molecule has 22 heavy (non-hydrogen) atoms. The predicted molar refractivity (Wildman–Crippen MR) is 85.1 cm³/mol. The highest BCUT2D eigenvalue weighted by Crippen LogP contribution is 2.38. The second kappa shape index (κ2) is 6.08. The highest BCUT2D eigenvalue weighted by atomic mass is 79.9. The number of nitrogens with zero attached hydrogens (tertiary/aromatic N) is 1. The zero-order valence-electron chi connectivity index (χ0n) is 12.7. The molecular weight excluding hydrogens is 350 g/mol. The Kier molecular flexibility index (Phi) is 4.32. The Morgan fingerprint density at radius 3 is 2.45 bits per heavy atom. The number of fused-ring (bicyclic) bond motifs is 1. The number of carboxylic acid groups (broad SMARTS) is 1. The lowest BCUT2D eigenvalue weighted by molar-refractivity contribution is -0.145. The third-order valence-corrected chi connectivity index (χ3v) is 5.37. The molecule has 1 fully saturated rings. The maximum atomic E-state index is 11.2. The number of ether oxygens (including phenoxy) is 2. The normalized spacial score (nSPS) is 27.9. The van der Waals surface area contributed by atoms with Crippen molar-refractivity contribution in [2.24, 2.45) is 5.92 Å². The van der Waals surface area contributed by atoms with Crippen molar-refractivity contribution < 1.29 is 19.4 Å². The average Bonchev–Trinajstić information content (AvgIpc) is 2.89. The number of halogens is 1. The van der Waals surface area contributed by atoms with Crippen molar-refractivity contribution >= 4 is 21.9 Å². The zero-order chi connectivity index (χ0) is 15.9. The van der Waals surface area contributed by atoms with E-state index in [9.17, 15) is 9.90 Å². The Balaban J connectivity index is 1.77. The highest BCUT2D eigenvalue weighted by molar-refractivity contribution is 9.10. The summed E-state index contributed by atoms with van der Waals surface area (Å²) >= 11 is 3.60. The van der Waals surface area contributed by atoms with Crippen LogP contribution in [0.1, 0.15) is 32.3 Å². The summed E-state index contributed by atoms with van der Waals surface area (Å²) in [7, 11) is 0. The average molecular weight is 370 g/mol. The molecule has 6 heteroatoms. The molecular formula is C16H20BrNO4. The molecule has 2 unspecified atom stereocenters. The van der Waals surface area contributed by atoms with Crippen molar-refractivity contribution in [3.63, 3.8) is 0 Å². The fourth-order valence-corrected chi connectivity index (χ4v) is 3.86. The van der Waals surface area contributed by atoms with Crippen LogP contribution in [0.3, 0.4) is 0 Å². The number of piperidine rings is 1. The SMILES string of the molecule is CC1CC(C(=O)O)CC(C)N1Cc1cc2c(cc1Br)OCO2. The molecule has 120 valence electrons. The van der Waals surface area contributed by atoms with E-state index in [2.05, 4.69) is 34.7 Å². The lowest BCUT2D eigenvalue weighted by Crippen LogP contribution is -2.47. The van der Waals surface area contributed by atoms with Gasteiger partial charge in [0.2, 0.25) is 6.79 Å². The molecule has 1 saturated heterocycles. The highest BCUT2D eigenvalue weighted by Gasteiger charge is 2.34. The predicted octanol–water partition coefficient (Wildman–Crippen LogP) is 3.25. The molecule has 0 radical (unpaired) electrons. The summed E-state index contributed by atoms with van der Waals surface area (Å²) in [5.74, 6) is 0.629. The molecule has 0 bridgehead atoms. The topological polar surface area (TPSA) is 59.0 Å². The smallest absolute Gasteiger partial charge is 0.306 e. The molecule has 0 aliphatic carbocycles. The van der Waals surface area contributed by atoms with Gasteiger partial charge in [0.05, 0.1) is 5.92 Å². The van der Waals surface area contributed by atoms with Crippen molar-refractivity contribution in [1.29, 1.82) is 0 Å². The number of benzene rings is 1. The quantitative estimate of drug-likeness (QED) is 0.885. The molecule has 1 aromatic rings. The van der Waals surface area contributed by atoms with Gasteiger partial charge in [-0.15, -0.1) is 0 Å². The van der Waals surface area contributed by atoms with Crippen LogP contribution in [0.25, 0.3) is 0 Å². The first-order chi connectivity index (χ1) is 10.5. The van der Waals surface area contributed by atoms with Crippen molar-refractivity contribution in [2.75, 3.05) is 6.79 Å². The Hall–Kier alpha value is -1.27. The number of carbonyl (C=O) groups is 1. The largest absolute Gasteiger partial charge is 0.481 e. The lowest BCUT2D eigenvalue weighted by atomic mass is 9.87. The first-order valence-corrected chi connectivity index (χ1v) is 8.31. The third kappa shape index (κ3) is 2.94. The summed E-state index contributed by atoms with van der Waals surface area (Å²) in [6.45, 7) is 5.24. The van der Waals surface area contributed by atoms with Gasteiger partial charge in [-0.05, 0) is 44.4 Å². The van der Waals surface area contributed by atoms with Crippen LogP contribution in [0.2, 0.25) is 0 Å². The summed E-state index contributed by atoms with van der Waals surface area (Å²) in [6, 6.07) is 4.43. The second-order valence-corrected chi connectivity index (χ2v) is 7.03. The van der Waals surface area contributed by atoms with Gasteiger partial charge in [-0.2, -0.15) is 0 Å². The maximum Gasteiger partial charge on any atom is 0.306 e. The number of aliphatic carboxylic acids is 1. The van der Waals surface area contributed by atoms with Crippen LogP contribution in [0, 0.1) is 5.92 Å². The molecule has 2 aliphatic rings. The van der Waals surface area contributed by atoms with Gasteiger partial charge in [0, 0.05) is 23.1 Å². The summed E-state index contributed by atoms with van der Waals surface area (Å²) < 4.78 is 11.8. The van der Waals surface area contributed by atoms with E-state index in [1.165, 1.54) is 0 Å². The van der Waals surface area contributed by atoms with Gasteiger partial charge in [-0.1, -0.05) is 15.9 Å². The van der Waals surface area contributed by atoms with Gasteiger partial charge >= 0.3 is 5.97 Å². The van der Waals surface area contributed by atoms with Gasteiger partial charge in [-0.25, -0.2) is 0 Å². The fraction of sp³-hybridized carbons (Fsp3) is 0.562. The summed E-state index contributed by atoms with van der Waals surface area (Å²) in [4.78, 5) is 13.6. The molecule has 0 spiro atoms. The van der Waals surface area contributed by atoms with Crippen molar-refractivity contribution in [3.8, 4) is 11.5 Å². The Morgan fingerprint density at radius 1 is 1.27 bits per heavy atom. The van der Waals surface area contributed by atoms with Crippen molar-refractivity contribution in [1.82, 2.24) is 4.90 Å².